The monoisotopic (exact) mass is 237 g/mol. The van der Waals surface area contributed by atoms with Gasteiger partial charge in [0.1, 0.15) is 0 Å². The number of benzene rings is 1. The van der Waals surface area contributed by atoms with Gasteiger partial charge >= 0.3 is 0 Å². The van der Waals surface area contributed by atoms with Crippen LogP contribution in [-0.2, 0) is 4.79 Å². The normalized spacial score (nSPS) is 20.6. The number of hydrogen-bond donors (Lipinski definition) is 1. The summed E-state index contributed by atoms with van der Waals surface area (Å²) in [7, 11) is 0. The summed E-state index contributed by atoms with van der Waals surface area (Å²) >= 11 is 0. The molecule has 0 aliphatic carbocycles. The Morgan fingerprint density at radius 3 is 3.06 bits per heavy atom. The van der Waals surface area contributed by atoms with Crippen molar-refractivity contribution in [2.75, 3.05) is 6.54 Å². The van der Waals surface area contributed by atoms with Crippen LogP contribution >= 0.6 is 0 Å². The Hall–Kier alpha value is -1.58. The summed E-state index contributed by atoms with van der Waals surface area (Å²) in [6, 6.07) is 4.96. The van der Waals surface area contributed by atoms with Crippen molar-refractivity contribution >= 4 is 5.91 Å². The van der Waals surface area contributed by atoms with Gasteiger partial charge in [-0.15, -0.1) is 0 Å². The van der Waals surface area contributed by atoms with Gasteiger partial charge in [-0.25, -0.2) is 4.39 Å². The van der Waals surface area contributed by atoms with Crippen molar-refractivity contribution in [1.82, 2.24) is 5.32 Å². The lowest BCUT2D eigenvalue weighted by atomic mass is 10.1. The number of carbonyl (C=O) groups excluding carboxylic acids is 1. The summed E-state index contributed by atoms with van der Waals surface area (Å²) in [4.78, 5) is 11.7. The van der Waals surface area contributed by atoms with Crippen LogP contribution in [0.4, 0.5) is 4.39 Å². The fraction of sp³-hybridized carbons (Fsp3) is 0.462. The van der Waals surface area contributed by atoms with Gasteiger partial charge < -0.3 is 10.1 Å². The third kappa shape index (κ3) is 2.75. The molecule has 4 heteroatoms. The molecule has 17 heavy (non-hydrogen) atoms. The maximum atomic E-state index is 13.7. The Labute approximate surface area is 100.0 Å². The van der Waals surface area contributed by atoms with Gasteiger partial charge in [0.25, 0.3) is 5.91 Å². The standard InChI is InChI=1S/C13H16FNO2/c1-9-5-4-7-10(12(9)14)17-11-6-2-3-8-15-13(11)16/h4-5,7,11H,2-3,6,8H2,1H3,(H,15,16). The minimum atomic E-state index is -0.575. The lowest BCUT2D eigenvalue weighted by Gasteiger charge is -2.16. The first-order chi connectivity index (χ1) is 8.18. The molecule has 1 aromatic rings. The van der Waals surface area contributed by atoms with E-state index in [2.05, 4.69) is 5.32 Å². The average Bonchev–Trinajstić information content (AvgIpc) is 2.51. The van der Waals surface area contributed by atoms with E-state index in [1.165, 1.54) is 0 Å². The van der Waals surface area contributed by atoms with Gasteiger partial charge in [0.2, 0.25) is 0 Å². The summed E-state index contributed by atoms with van der Waals surface area (Å²) in [5.41, 5.74) is 0.525. The van der Waals surface area contributed by atoms with Crippen LogP contribution in [-0.4, -0.2) is 18.6 Å². The molecule has 1 heterocycles. The second-order valence-electron chi connectivity index (χ2n) is 4.28. The highest BCUT2D eigenvalue weighted by Crippen LogP contribution is 2.22. The molecule has 1 aliphatic heterocycles. The van der Waals surface area contributed by atoms with Crippen LogP contribution in [0.15, 0.2) is 18.2 Å². The van der Waals surface area contributed by atoms with Crippen LogP contribution < -0.4 is 10.1 Å². The topological polar surface area (TPSA) is 38.3 Å². The number of carbonyl (C=O) groups is 1. The van der Waals surface area contributed by atoms with Crippen LogP contribution in [0.25, 0.3) is 0 Å². The number of rotatable bonds is 2. The first kappa shape index (κ1) is 11.9. The Kier molecular flexibility index (Phi) is 3.61. The maximum Gasteiger partial charge on any atom is 0.261 e. The van der Waals surface area contributed by atoms with Crippen molar-refractivity contribution in [3.05, 3.63) is 29.6 Å². The van der Waals surface area contributed by atoms with Crippen LogP contribution in [0.1, 0.15) is 24.8 Å². The van der Waals surface area contributed by atoms with Gasteiger partial charge in [-0.1, -0.05) is 12.1 Å². The largest absolute Gasteiger partial charge is 0.478 e. The molecule has 0 spiro atoms. The fourth-order valence-corrected chi connectivity index (χ4v) is 1.89. The molecular weight excluding hydrogens is 221 g/mol. The number of amides is 1. The van der Waals surface area contributed by atoms with Gasteiger partial charge in [-0.3, -0.25) is 4.79 Å². The molecule has 1 aliphatic rings. The van der Waals surface area contributed by atoms with Crippen molar-refractivity contribution in [1.29, 1.82) is 0 Å². The second kappa shape index (κ2) is 5.17. The summed E-state index contributed by atoms with van der Waals surface area (Å²) in [6.45, 7) is 2.35. The molecule has 92 valence electrons. The maximum absolute atomic E-state index is 13.7. The van der Waals surface area contributed by atoms with Crippen molar-refractivity contribution in [3.63, 3.8) is 0 Å². The van der Waals surface area contributed by atoms with Crippen molar-refractivity contribution in [3.8, 4) is 5.75 Å². The SMILES string of the molecule is Cc1cccc(OC2CCCCNC2=O)c1F. The van der Waals surface area contributed by atoms with Crippen LogP contribution in [0.2, 0.25) is 0 Å². The Morgan fingerprint density at radius 2 is 2.24 bits per heavy atom. The van der Waals surface area contributed by atoms with E-state index in [9.17, 15) is 9.18 Å². The zero-order valence-corrected chi connectivity index (χ0v) is 9.83. The lowest BCUT2D eigenvalue weighted by Crippen LogP contribution is -2.36. The number of aryl methyl sites for hydroxylation is 1. The van der Waals surface area contributed by atoms with Gasteiger partial charge in [0.15, 0.2) is 17.7 Å². The smallest absolute Gasteiger partial charge is 0.261 e. The van der Waals surface area contributed by atoms with Crippen LogP contribution in [0, 0.1) is 12.7 Å². The highest BCUT2D eigenvalue weighted by Gasteiger charge is 2.23. The lowest BCUT2D eigenvalue weighted by molar-refractivity contribution is -0.127. The molecule has 1 saturated heterocycles. The predicted octanol–water partition coefficient (Wildman–Crippen LogP) is 2.18. The molecule has 1 aromatic carbocycles. The number of hydrogen-bond acceptors (Lipinski definition) is 2. The third-order valence-corrected chi connectivity index (χ3v) is 2.91. The van der Waals surface area contributed by atoms with E-state index in [4.69, 9.17) is 4.74 Å². The minimum absolute atomic E-state index is 0.150. The van der Waals surface area contributed by atoms with E-state index in [-0.39, 0.29) is 17.5 Å². The molecule has 0 saturated carbocycles. The summed E-state index contributed by atoms with van der Waals surface area (Å²) in [5, 5.41) is 2.76. The molecule has 0 radical (unpaired) electrons. The molecule has 1 unspecified atom stereocenters. The van der Waals surface area contributed by atoms with E-state index in [0.717, 1.165) is 12.8 Å². The summed E-state index contributed by atoms with van der Waals surface area (Å²) in [6.07, 6.45) is 1.92. The van der Waals surface area contributed by atoms with E-state index >= 15 is 0 Å². The van der Waals surface area contributed by atoms with Gasteiger partial charge in [0, 0.05) is 6.54 Å². The molecule has 0 bridgehead atoms. The average molecular weight is 237 g/mol. The van der Waals surface area contributed by atoms with Crippen LogP contribution in [0.5, 0.6) is 5.75 Å². The second-order valence-corrected chi connectivity index (χ2v) is 4.28. The molecule has 3 nitrogen and oxygen atoms in total. The third-order valence-electron chi connectivity index (χ3n) is 2.91. The van der Waals surface area contributed by atoms with Crippen molar-refractivity contribution < 1.29 is 13.9 Å². The van der Waals surface area contributed by atoms with E-state index < -0.39 is 6.10 Å². The predicted molar refractivity (Wildman–Crippen MR) is 62.4 cm³/mol. The van der Waals surface area contributed by atoms with Crippen LogP contribution in [0.3, 0.4) is 0 Å². The first-order valence-electron chi connectivity index (χ1n) is 5.88. The Balaban J connectivity index is 2.13. The fourth-order valence-electron chi connectivity index (χ4n) is 1.89. The zero-order chi connectivity index (χ0) is 12.3. The number of halogens is 1. The van der Waals surface area contributed by atoms with E-state index in [1.807, 2.05) is 0 Å². The Morgan fingerprint density at radius 1 is 1.41 bits per heavy atom. The van der Waals surface area contributed by atoms with Gasteiger partial charge in [-0.05, 0) is 37.8 Å². The minimum Gasteiger partial charge on any atom is -0.478 e. The zero-order valence-electron chi connectivity index (χ0n) is 9.83. The summed E-state index contributed by atoms with van der Waals surface area (Å²) < 4.78 is 19.2. The van der Waals surface area contributed by atoms with Crippen molar-refractivity contribution in [2.45, 2.75) is 32.3 Å². The number of ether oxygens (including phenoxy) is 1. The molecule has 1 amide bonds. The quantitative estimate of drug-likeness (QED) is 0.856. The van der Waals surface area contributed by atoms with E-state index in [0.29, 0.717) is 18.5 Å². The molecule has 1 atom stereocenters. The van der Waals surface area contributed by atoms with Gasteiger partial charge in [-0.2, -0.15) is 0 Å². The number of nitrogens with one attached hydrogen (secondary N) is 1. The first-order valence-corrected chi connectivity index (χ1v) is 5.88. The highest BCUT2D eigenvalue weighted by atomic mass is 19.1. The van der Waals surface area contributed by atoms with Gasteiger partial charge in [0.05, 0.1) is 0 Å². The highest BCUT2D eigenvalue weighted by molar-refractivity contribution is 5.81. The van der Waals surface area contributed by atoms with E-state index in [1.54, 1.807) is 25.1 Å². The summed E-state index contributed by atoms with van der Waals surface area (Å²) in [5.74, 6) is -0.375. The molecular formula is C13H16FNO2. The molecule has 2 rings (SSSR count). The molecule has 0 aromatic heterocycles. The Bertz CT molecular complexity index is 420. The molecule has 1 N–H and O–H groups in total. The molecule has 1 fully saturated rings. The van der Waals surface area contributed by atoms with Crippen molar-refractivity contribution in [2.24, 2.45) is 0 Å².